The highest BCUT2D eigenvalue weighted by atomic mass is 35.5. The maximum atomic E-state index is 6.22. The van der Waals surface area contributed by atoms with Crippen LogP contribution in [0.2, 0.25) is 5.22 Å². The summed E-state index contributed by atoms with van der Waals surface area (Å²) < 4.78 is 5.37. The molecule has 1 aromatic carbocycles. The van der Waals surface area contributed by atoms with Crippen molar-refractivity contribution in [1.29, 1.82) is 0 Å². The third kappa shape index (κ3) is 1.88. The van der Waals surface area contributed by atoms with E-state index in [1.165, 1.54) is 0 Å². The summed E-state index contributed by atoms with van der Waals surface area (Å²) >= 11 is 5.78. The average molecular weight is 259 g/mol. The van der Waals surface area contributed by atoms with E-state index in [0.717, 1.165) is 16.5 Å². The first-order valence-corrected chi connectivity index (χ1v) is 5.98. The summed E-state index contributed by atoms with van der Waals surface area (Å²) in [5.74, 6) is 0.649. The Morgan fingerprint density at radius 2 is 2.00 bits per heavy atom. The van der Waals surface area contributed by atoms with Gasteiger partial charge in [0.25, 0.3) is 0 Å². The van der Waals surface area contributed by atoms with Gasteiger partial charge in [0.1, 0.15) is 5.76 Å². The van der Waals surface area contributed by atoms with Crippen molar-refractivity contribution in [2.45, 2.75) is 6.04 Å². The van der Waals surface area contributed by atoms with Crippen LogP contribution in [-0.2, 0) is 0 Å². The molecule has 4 heteroatoms. The van der Waals surface area contributed by atoms with Gasteiger partial charge in [0.15, 0.2) is 5.22 Å². The van der Waals surface area contributed by atoms with Gasteiger partial charge in [-0.15, -0.1) is 0 Å². The van der Waals surface area contributed by atoms with E-state index in [9.17, 15) is 0 Å². The maximum absolute atomic E-state index is 6.22. The number of furan rings is 1. The first-order valence-electron chi connectivity index (χ1n) is 5.60. The molecule has 0 bridgehead atoms. The fourth-order valence-electron chi connectivity index (χ4n) is 2.05. The molecule has 1 atom stereocenters. The quantitative estimate of drug-likeness (QED) is 0.765. The number of hydrogen-bond acceptors (Lipinski definition) is 3. The molecule has 2 aromatic heterocycles. The molecule has 0 radical (unpaired) electrons. The second-order valence-corrected chi connectivity index (χ2v) is 4.41. The molecule has 0 amide bonds. The summed E-state index contributed by atoms with van der Waals surface area (Å²) in [7, 11) is 0. The minimum absolute atomic E-state index is 0.342. The lowest BCUT2D eigenvalue weighted by Crippen LogP contribution is -2.11. The third-order valence-electron chi connectivity index (χ3n) is 2.91. The Hall–Kier alpha value is -1.84. The Labute approximate surface area is 109 Å². The fourth-order valence-corrected chi connectivity index (χ4v) is 2.20. The molecule has 0 fully saturated rings. The average Bonchev–Trinajstić information content (AvgIpc) is 2.84. The molecule has 0 aliphatic carbocycles. The van der Waals surface area contributed by atoms with E-state index in [1.54, 1.807) is 18.3 Å². The van der Waals surface area contributed by atoms with Crippen molar-refractivity contribution in [2.24, 2.45) is 5.73 Å². The summed E-state index contributed by atoms with van der Waals surface area (Å²) in [4.78, 5) is 4.31. The van der Waals surface area contributed by atoms with Gasteiger partial charge in [-0.1, -0.05) is 18.2 Å². The van der Waals surface area contributed by atoms with Gasteiger partial charge in [0.05, 0.1) is 11.6 Å². The zero-order valence-corrected chi connectivity index (χ0v) is 10.3. The lowest BCUT2D eigenvalue weighted by atomic mass is 10.0. The maximum Gasteiger partial charge on any atom is 0.193 e. The number of nitrogens with two attached hydrogens (primary N) is 1. The number of nitrogens with zero attached hydrogens (tertiary/aromatic N) is 1. The van der Waals surface area contributed by atoms with Gasteiger partial charge < -0.3 is 10.2 Å². The molecule has 1 unspecified atom stereocenters. The molecule has 0 spiro atoms. The number of benzene rings is 1. The van der Waals surface area contributed by atoms with E-state index >= 15 is 0 Å². The van der Waals surface area contributed by atoms with Crippen molar-refractivity contribution >= 4 is 22.5 Å². The summed E-state index contributed by atoms with van der Waals surface area (Å²) in [5.41, 5.74) is 8.11. The second-order valence-electron chi connectivity index (χ2n) is 4.04. The van der Waals surface area contributed by atoms with Crippen molar-refractivity contribution in [2.75, 3.05) is 0 Å². The van der Waals surface area contributed by atoms with Crippen LogP contribution in [0.5, 0.6) is 0 Å². The largest absolute Gasteiger partial charge is 0.448 e. The SMILES string of the molecule is NC(c1ccc(Cl)o1)c1cccc2ncccc12. The van der Waals surface area contributed by atoms with Crippen LogP contribution in [0.15, 0.2) is 53.1 Å². The molecule has 18 heavy (non-hydrogen) atoms. The topological polar surface area (TPSA) is 52.0 Å². The van der Waals surface area contributed by atoms with Crippen LogP contribution < -0.4 is 5.73 Å². The van der Waals surface area contributed by atoms with Crippen molar-refractivity contribution in [3.8, 4) is 0 Å². The smallest absolute Gasteiger partial charge is 0.193 e. The van der Waals surface area contributed by atoms with E-state index in [2.05, 4.69) is 4.98 Å². The highest BCUT2D eigenvalue weighted by molar-refractivity contribution is 6.28. The molecule has 0 aliphatic heterocycles. The molecular formula is C14H11ClN2O. The number of rotatable bonds is 2. The zero-order valence-electron chi connectivity index (χ0n) is 9.51. The Bertz CT molecular complexity index is 688. The van der Waals surface area contributed by atoms with Gasteiger partial charge in [0.2, 0.25) is 0 Å². The number of pyridine rings is 1. The van der Waals surface area contributed by atoms with Crippen molar-refractivity contribution in [1.82, 2.24) is 4.98 Å². The van der Waals surface area contributed by atoms with Crippen LogP contribution in [-0.4, -0.2) is 4.98 Å². The van der Waals surface area contributed by atoms with Crippen molar-refractivity contribution in [3.05, 3.63) is 65.2 Å². The summed E-state index contributed by atoms with van der Waals surface area (Å²) in [6.07, 6.45) is 1.77. The van der Waals surface area contributed by atoms with E-state index < -0.39 is 0 Å². The van der Waals surface area contributed by atoms with E-state index in [0.29, 0.717) is 11.0 Å². The van der Waals surface area contributed by atoms with Gasteiger partial charge in [-0.05, 0) is 41.4 Å². The number of halogens is 1. The minimum Gasteiger partial charge on any atom is -0.448 e. The van der Waals surface area contributed by atoms with Gasteiger partial charge in [-0.3, -0.25) is 4.98 Å². The number of aromatic nitrogens is 1. The number of hydrogen-bond donors (Lipinski definition) is 1. The van der Waals surface area contributed by atoms with E-state index in [-0.39, 0.29) is 6.04 Å². The first kappa shape index (κ1) is 11.3. The Balaban J connectivity index is 2.14. The molecule has 0 saturated heterocycles. The van der Waals surface area contributed by atoms with Crippen LogP contribution in [0.1, 0.15) is 17.4 Å². The normalized spacial score (nSPS) is 12.8. The molecule has 3 rings (SSSR count). The molecule has 2 N–H and O–H groups in total. The predicted molar refractivity (Wildman–Crippen MR) is 71.5 cm³/mol. The Kier molecular flexibility index (Phi) is 2.78. The van der Waals surface area contributed by atoms with Crippen LogP contribution >= 0.6 is 11.6 Å². The van der Waals surface area contributed by atoms with Crippen molar-refractivity contribution < 1.29 is 4.42 Å². The zero-order chi connectivity index (χ0) is 12.5. The van der Waals surface area contributed by atoms with Crippen LogP contribution in [0.3, 0.4) is 0 Å². The van der Waals surface area contributed by atoms with Crippen molar-refractivity contribution in [3.63, 3.8) is 0 Å². The number of fused-ring (bicyclic) bond motifs is 1. The summed E-state index contributed by atoms with van der Waals surface area (Å²) in [5, 5.41) is 1.37. The monoisotopic (exact) mass is 258 g/mol. The third-order valence-corrected chi connectivity index (χ3v) is 3.12. The second kappa shape index (κ2) is 4.44. The van der Waals surface area contributed by atoms with Gasteiger partial charge >= 0.3 is 0 Å². The minimum atomic E-state index is -0.342. The lowest BCUT2D eigenvalue weighted by Gasteiger charge is -2.11. The Morgan fingerprint density at radius 1 is 1.11 bits per heavy atom. The summed E-state index contributed by atoms with van der Waals surface area (Å²) in [6, 6.07) is 12.9. The highest BCUT2D eigenvalue weighted by Crippen LogP contribution is 2.28. The van der Waals surface area contributed by atoms with E-state index in [1.807, 2.05) is 30.3 Å². The molecule has 2 heterocycles. The molecule has 90 valence electrons. The molecule has 0 saturated carbocycles. The summed E-state index contributed by atoms with van der Waals surface area (Å²) in [6.45, 7) is 0. The fraction of sp³-hybridized carbons (Fsp3) is 0.0714. The lowest BCUT2D eigenvalue weighted by molar-refractivity contribution is 0.492. The van der Waals surface area contributed by atoms with Crippen LogP contribution in [0.4, 0.5) is 0 Å². The highest BCUT2D eigenvalue weighted by Gasteiger charge is 2.15. The molecular weight excluding hydrogens is 248 g/mol. The Morgan fingerprint density at radius 3 is 2.78 bits per heavy atom. The molecule has 3 aromatic rings. The van der Waals surface area contributed by atoms with Crippen LogP contribution in [0, 0.1) is 0 Å². The van der Waals surface area contributed by atoms with Crippen LogP contribution in [0.25, 0.3) is 10.9 Å². The van der Waals surface area contributed by atoms with E-state index in [4.69, 9.17) is 21.8 Å². The standard InChI is InChI=1S/C14H11ClN2O/c15-13-7-6-12(18-13)14(16)10-3-1-5-11-9(10)4-2-8-17-11/h1-8,14H,16H2. The predicted octanol–water partition coefficient (Wildman–Crippen LogP) is 3.53. The van der Waals surface area contributed by atoms with Gasteiger partial charge in [0, 0.05) is 11.6 Å². The molecule has 0 aliphatic rings. The molecule has 3 nitrogen and oxygen atoms in total. The first-order chi connectivity index (χ1) is 8.75. The van der Waals surface area contributed by atoms with Gasteiger partial charge in [-0.25, -0.2) is 0 Å². The van der Waals surface area contributed by atoms with Gasteiger partial charge in [-0.2, -0.15) is 0 Å².